The molecule has 0 aliphatic heterocycles. The van der Waals surface area contributed by atoms with Crippen molar-refractivity contribution in [2.24, 2.45) is 17.8 Å². The van der Waals surface area contributed by atoms with Gasteiger partial charge in [-0.2, -0.15) is 22.8 Å². The van der Waals surface area contributed by atoms with Crippen LogP contribution in [0.3, 0.4) is 0 Å². The van der Waals surface area contributed by atoms with Crippen molar-refractivity contribution in [3.8, 4) is 6.07 Å². The molecule has 2 saturated carbocycles. The standard InChI is InChI=1S/C26H33F4N/c27-25(18-31)17-21-7-5-19(6-8-21)3-1-2-4-20-9-11-22(12-10-20)23-13-15-24(16-14-23)26(28,29)30/h13-17,19-22H,1-12H2/b25-17-. The van der Waals surface area contributed by atoms with Crippen molar-refractivity contribution in [2.45, 2.75) is 89.1 Å². The van der Waals surface area contributed by atoms with Gasteiger partial charge in [-0.1, -0.05) is 37.8 Å². The van der Waals surface area contributed by atoms with Gasteiger partial charge in [0.15, 0.2) is 5.83 Å². The zero-order chi connectivity index (χ0) is 22.3. The van der Waals surface area contributed by atoms with E-state index in [-0.39, 0.29) is 5.92 Å². The molecule has 1 aromatic rings. The van der Waals surface area contributed by atoms with Gasteiger partial charge in [-0.15, -0.1) is 0 Å². The number of hydrogen-bond acceptors (Lipinski definition) is 1. The maximum Gasteiger partial charge on any atom is 0.416 e. The molecule has 1 aromatic carbocycles. The van der Waals surface area contributed by atoms with E-state index in [1.54, 1.807) is 18.2 Å². The molecule has 1 nitrogen and oxygen atoms in total. The number of allylic oxidation sites excluding steroid dienone is 2. The molecular weight excluding hydrogens is 402 g/mol. The Labute approximate surface area is 183 Å². The molecule has 0 spiro atoms. The van der Waals surface area contributed by atoms with Crippen molar-refractivity contribution in [2.75, 3.05) is 0 Å². The van der Waals surface area contributed by atoms with Crippen molar-refractivity contribution in [3.05, 3.63) is 47.3 Å². The van der Waals surface area contributed by atoms with E-state index in [1.165, 1.54) is 56.7 Å². The van der Waals surface area contributed by atoms with Crippen LogP contribution in [0.1, 0.15) is 94.1 Å². The zero-order valence-corrected chi connectivity index (χ0v) is 18.1. The lowest BCUT2D eigenvalue weighted by Gasteiger charge is -2.29. The molecule has 2 aliphatic carbocycles. The summed E-state index contributed by atoms with van der Waals surface area (Å²) in [5.41, 5.74) is 0.482. The van der Waals surface area contributed by atoms with Crippen LogP contribution in [0, 0.1) is 29.1 Å². The number of unbranched alkanes of at least 4 members (excludes halogenated alkanes) is 1. The largest absolute Gasteiger partial charge is 0.416 e. The van der Waals surface area contributed by atoms with Crippen LogP contribution in [0.4, 0.5) is 17.6 Å². The van der Waals surface area contributed by atoms with E-state index in [0.29, 0.717) is 5.92 Å². The quantitative estimate of drug-likeness (QED) is 0.239. The summed E-state index contributed by atoms with van der Waals surface area (Å²) in [6.07, 6.45) is 11.0. The van der Waals surface area contributed by atoms with Crippen molar-refractivity contribution in [1.82, 2.24) is 0 Å². The van der Waals surface area contributed by atoms with Crippen molar-refractivity contribution >= 4 is 0 Å². The monoisotopic (exact) mass is 435 g/mol. The normalized spacial score (nSPS) is 27.6. The molecule has 3 rings (SSSR count). The third-order valence-electron chi connectivity index (χ3n) is 7.41. The maximum absolute atomic E-state index is 13.1. The first kappa shape index (κ1) is 23.8. The summed E-state index contributed by atoms with van der Waals surface area (Å²) in [7, 11) is 0. The second-order valence-corrected chi connectivity index (χ2v) is 9.53. The number of hydrogen-bond donors (Lipinski definition) is 0. The third kappa shape index (κ3) is 7.37. The van der Waals surface area contributed by atoms with Crippen LogP contribution >= 0.6 is 0 Å². The van der Waals surface area contributed by atoms with Gasteiger partial charge in [0.2, 0.25) is 0 Å². The minimum Gasteiger partial charge on any atom is -0.195 e. The summed E-state index contributed by atoms with van der Waals surface area (Å²) in [5.74, 6) is 1.48. The van der Waals surface area contributed by atoms with Crippen molar-refractivity contribution in [1.29, 1.82) is 5.26 Å². The van der Waals surface area contributed by atoms with Gasteiger partial charge in [-0.05, 0) is 98.8 Å². The van der Waals surface area contributed by atoms with Gasteiger partial charge in [-0.3, -0.25) is 0 Å². The average Bonchev–Trinajstić information content (AvgIpc) is 2.77. The lowest BCUT2D eigenvalue weighted by atomic mass is 9.76. The Morgan fingerprint density at radius 2 is 1.39 bits per heavy atom. The van der Waals surface area contributed by atoms with Crippen LogP contribution in [0.5, 0.6) is 0 Å². The Morgan fingerprint density at radius 3 is 1.87 bits per heavy atom. The van der Waals surface area contributed by atoms with E-state index in [9.17, 15) is 17.6 Å². The number of halogens is 4. The molecule has 0 unspecified atom stereocenters. The second kappa shape index (κ2) is 11.2. The molecule has 0 saturated heterocycles. The fraction of sp³-hybridized carbons (Fsp3) is 0.654. The molecule has 0 radical (unpaired) electrons. The highest BCUT2D eigenvalue weighted by Crippen LogP contribution is 2.39. The van der Waals surface area contributed by atoms with Crippen molar-refractivity contribution < 1.29 is 17.6 Å². The number of alkyl halides is 3. The summed E-state index contributed by atoms with van der Waals surface area (Å²) < 4.78 is 51.3. The number of rotatable bonds is 7. The van der Waals surface area contributed by atoms with Crippen LogP contribution in [0.2, 0.25) is 0 Å². The van der Waals surface area contributed by atoms with E-state index < -0.39 is 17.6 Å². The SMILES string of the molecule is N#C/C(F)=C/C1CCC(CCCCC2CCC(c3ccc(C(F)(F)F)cc3)CC2)CC1. The van der Waals surface area contributed by atoms with Crippen LogP contribution in [-0.4, -0.2) is 0 Å². The zero-order valence-electron chi connectivity index (χ0n) is 18.1. The van der Waals surface area contributed by atoms with Crippen LogP contribution in [-0.2, 0) is 6.18 Å². The van der Waals surface area contributed by atoms with Crippen LogP contribution < -0.4 is 0 Å². The fourth-order valence-corrected chi connectivity index (χ4v) is 5.48. The van der Waals surface area contributed by atoms with E-state index in [4.69, 9.17) is 5.26 Å². The first-order chi connectivity index (χ1) is 14.8. The molecule has 0 aromatic heterocycles. The van der Waals surface area contributed by atoms with Gasteiger partial charge in [0, 0.05) is 0 Å². The summed E-state index contributed by atoms with van der Waals surface area (Å²) in [5, 5.41) is 8.55. The number of benzene rings is 1. The third-order valence-corrected chi connectivity index (χ3v) is 7.41. The Hall–Kier alpha value is -1.83. The van der Waals surface area contributed by atoms with Gasteiger partial charge in [0.05, 0.1) is 5.56 Å². The molecule has 0 amide bonds. The van der Waals surface area contributed by atoms with E-state index in [2.05, 4.69) is 0 Å². The Balaban J connectivity index is 1.29. The van der Waals surface area contributed by atoms with Gasteiger partial charge in [0.1, 0.15) is 6.07 Å². The molecule has 0 atom stereocenters. The molecule has 31 heavy (non-hydrogen) atoms. The molecule has 170 valence electrons. The lowest BCUT2D eigenvalue weighted by molar-refractivity contribution is -0.137. The first-order valence-corrected chi connectivity index (χ1v) is 11.8. The molecule has 0 N–H and O–H groups in total. The number of nitriles is 1. The van der Waals surface area contributed by atoms with Crippen LogP contribution in [0.25, 0.3) is 0 Å². The van der Waals surface area contributed by atoms with Gasteiger partial charge < -0.3 is 0 Å². The molecular formula is C26H33F4N. The summed E-state index contributed by atoms with van der Waals surface area (Å²) in [6, 6.07) is 7.32. The minimum absolute atomic E-state index is 0.232. The summed E-state index contributed by atoms with van der Waals surface area (Å²) in [6.45, 7) is 0. The van der Waals surface area contributed by atoms with E-state index >= 15 is 0 Å². The number of nitrogens with zero attached hydrogens (tertiary/aromatic N) is 1. The topological polar surface area (TPSA) is 23.8 Å². The molecule has 2 aliphatic rings. The highest BCUT2D eigenvalue weighted by Gasteiger charge is 2.30. The van der Waals surface area contributed by atoms with Gasteiger partial charge >= 0.3 is 6.18 Å². The first-order valence-electron chi connectivity index (χ1n) is 11.8. The predicted molar refractivity (Wildman–Crippen MR) is 115 cm³/mol. The highest BCUT2D eigenvalue weighted by atomic mass is 19.4. The fourth-order valence-electron chi connectivity index (χ4n) is 5.48. The second-order valence-electron chi connectivity index (χ2n) is 9.53. The van der Waals surface area contributed by atoms with E-state index in [1.807, 2.05) is 0 Å². The maximum atomic E-state index is 13.1. The highest BCUT2D eigenvalue weighted by molar-refractivity contribution is 5.27. The summed E-state index contributed by atoms with van der Waals surface area (Å²) in [4.78, 5) is 0. The smallest absolute Gasteiger partial charge is 0.195 e. The van der Waals surface area contributed by atoms with E-state index in [0.717, 1.165) is 55.9 Å². The molecule has 0 bridgehead atoms. The minimum atomic E-state index is -4.26. The van der Waals surface area contributed by atoms with Gasteiger partial charge in [-0.25, -0.2) is 0 Å². The lowest BCUT2D eigenvalue weighted by Crippen LogP contribution is -2.15. The molecule has 2 fully saturated rings. The predicted octanol–water partition coefficient (Wildman–Crippen LogP) is 8.72. The Bertz CT molecular complexity index is 743. The van der Waals surface area contributed by atoms with Gasteiger partial charge in [0.25, 0.3) is 0 Å². The average molecular weight is 436 g/mol. The van der Waals surface area contributed by atoms with Crippen LogP contribution in [0.15, 0.2) is 36.2 Å². The Morgan fingerprint density at radius 1 is 0.871 bits per heavy atom. The Kier molecular flexibility index (Phi) is 8.58. The molecule has 0 heterocycles. The molecule has 5 heteroatoms. The summed E-state index contributed by atoms with van der Waals surface area (Å²) >= 11 is 0. The van der Waals surface area contributed by atoms with Crippen molar-refractivity contribution in [3.63, 3.8) is 0 Å².